The quantitative estimate of drug-likeness (QED) is 0.824. The Morgan fingerprint density at radius 3 is 2.45 bits per heavy atom. The first kappa shape index (κ1) is 15.1. The van der Waals surface area contributed by atoms with Crippen LogP contribution >= 0.6 is 0 Å². The number of methoxy groups -OCH3 is 1. The fraction of sp³-hybridized carbons (Fsp3) is 0.368. The molecule has 3 rings (SSSR count). The Labute approximate surface area is 131 Å². The highest BCUT2D eigenvalue weighted by Gasteiger charge is 2.48. The zero-order chi connectivity index (χ0) is 15.4. The summed E-state index contributed by atoms with van der Waals surface area (Å²) in [5, 5.41) is 14.1. The first-order valence-electron chi connectivity index (χ1n) is 7.81. The Kier molecular flexibility index (Phi) is 4.46. The van der Waals surface area contributed by atoms with Crippen LogP contribution in [0.4, 0.5) is 0 Å². The molecule has 116 valence electrons. The molecule has 0 aliphatic heterocycles. The summed E-state index contributed by atoms with van der Waals surface area (Å²) >= 11 is 0. The van der Waals surface area contributed by atoms with Crippen LogP contribution in [0.2, 0.25) is 0 Å². The number of hydrogen-bond acceptors (Lipinski definition) is 3. The minimum absolute atomic E-state index is 0.0105. The van der Waals surface area contributed by atoms with Gasteiger partial charge in [-0.2, -0.15) is 0 Å². The van der Waals surface area contributed by atoms with Crippen LogP contribution in [-0.2, 0) is 6.54 Å². The van der Waals surface area contributed by atoms with Crippen LogP contribution in [0.15, 0.2) is 54.6 Å². The molecule has 1 saturated carbocycles. The smallest absolute Gasteiger partial charge is 0.123 e. The van der Waals surface area contributed by atoms with E-state index in [1.807, 2.05) is 48.5 Å². The third-order valence-electron chi connectivity index (χ3n) is 4.57. The molecule has 2 N–H and O–H groups in total. The summed E-state index contributed by atoms with van der Waals surface area (Å²) in [5.41, 5.74) is 2.15. The average Bonchev–Trinajstić information content (AvgIpc) is 3.36. The first-order valence-corrected chi connectivity index (χ1v) is 7.81. The number of para-hydroxylation sites is 1. The predicted molar refractivity (Wildman–Crippen MR) is 87.8 cm³/mol. The van der Waals surface area contributed by atoms with Gasteiger partial charge in [-0.05, 0) is 24.5 Å². The van der Waals surface area contributed by atoms with Crippen molar-refractivity contribution in [2.24, 2.45) is 5.41 Å². The predicted octanol–water partition coefficient (Wildman–Crippen LogP) is 3.30. The van der Waals surface area contributed by atoms with Gasteiger partial charge in [0.2, 0.25) is 0 Å². The molecule has 0 radical (unpaired) electrons. The van der Waals surface area contributed by atoms with Gasteiger partial charge >= 0.3 is 0 Å². The largest absolute Gasteiger partial charge is 0.496 e. The maximum absolute atomic E-state index is 10.6. The van der Waals surface area contributed by atoms with Crippen LogP contribution < -0.4 is 10.1 Å². The fourth-order valence-corrected chi connectivity index (χ4v) is 2.99. The molecule has 0 amide bonds. The average molecular weight is 297 g/mol. The van der Waals surface area contributed by atoms with Crippen molar-refractivity contribution in [3.8, 4) is 5.75 Å². The number of aliphatic hydroxyl groups is 1. The Morgan fingerprint density at radius 1 is 1.09 bits per heavy atom. The number of rotatable bonds is 7. The zero-order valence-electron chi connectivity index (χ0n) is 13.0. The lowest BCUT2D eigenvalue weighted by atomic mass is 9.92. The van der Waals surface area contributed by atoms with Gasteiger partial charge in [-0.3, -0.25) is 0 Å². The summed E-state index contributed by atoms with van der Waals surface area (Å²) in [6.07, 6.45) is 1.75. The van der Waals surface area contributed by atoms with Crippen molar-refractivity contribution < 1.29 is 9.84 Å². The van der Waals surface area contributed by atoms with E-state index in [9.17, 15) is 5.11 Å². The molecular formula is C19H23NO2. The lowest BCUT2D eigenvalue weighted by Crippen LogP contribution is -2.28. The highest BCUT2D eigenvalue weighted by Crippen LogP contribution is 2.54. The van der Waals surface area contributed by atoms with Crippen molar-refractivity contribution in [1.82, 2.24) is 5.32 Å². The summed E-state index contributed by atoms with van der Waals surface area (Å²) in [4.78, 5) is 0. The van der Waals surface area contributed by atoms with E-state index in [1.54, 1.807) is 7.11 Å². The molecule has 0 heterocycles. The summed E-state index contributed by atoms with van der Waals surface area (Å²) < 4.78 is 5.37. The minimum atomic E-state index is -0.390. The van der Waals surface area contributed by atoms with Crippen LogP contribution in [-0.4, -0.2) is 18.8 Å². The van der Waals surface area contributed by atoms with Gasteiger partial charge in [0.1, 0.15) is 5.75 Å². The van der Waals surface area contributed by atoms with E-state index in [-0.39, 0.29) is 11.5 Å². The first-order chi connectivity index (χ1) is 10.7. The molecule has 1 fully saturated rings. The Morgan fingerprint density at radius 2 is 1.77 bits per heavy atom. The molecule has 22 heavy (non-hydrogen) atoms. The molecule has 0 saturated heterocycles. The van der Waals surface area contributed by atoms with Crippen molar-refractivity contribution in [2.75, 3.05) is 13.7 Å². The second kappa shape index (κ2) is 6.51. The topological polar surface area (TPSA) is 41.5 Å². The summed E-state index contributed by atoms with van der Waals surface area (Å²) in [5.74, 6) is 0.906. The molecule has 2 aromatic carbocycles. The molecule has 2 aromatic rings. The van der Waals surface area contributed by atoms with Crippen LogP contribution in [0.25, 0.3) is 0 Å². The van der Waals surface area contributed by atoms with Gasteiger partial charge in [0.25, 0.3) is 0 Å². The lowest BCUT2D eigenvalue weighted by molar-refractivity contribution is 0.0917. The highest BCUT2D eigenvalue weighted by atomic mass is 16.5. The second-order valence-electron chi connectivity index (χ2n) is 6.09. The molecule has 3 nitrogen and oxygen atoms in total. The van der Waals surface area contributed by atoms with Gasteiger partial charge in [0, 0.05) is 24.1 Å². The maximum Gasteiger partial charge on any atom is 0.123 e. The Bertz CT molecular complexity index is 608. The zero-order valence-corrected chi connectivity index (χ0v) is 13.0. The molecule has 0 bridgehead atoms. The third-order valence-corrected chi connectivity index (χ3v) is 4.57. The van der Waals surface area contributed by atoms with Crippen LogP contribution in [0, 0.1) is 5.41 Å². The molecule has 0 spiro atoms. The van der Waals surface area contributed by atoms with Crippen molar-refractivity contribution in [2.45, 2.75) is 25.5 Å². The third kappa shape index (κ3) is 3.16. The van der Waals surface area contributed by atoms with Gasteiger partial charge in [0.15, 0.2) is 0 Å². The molecule has 1 aliphatic rings. The van der Waals surface area contributed by atoms with Crippen LogP contribution in [0.5, 0.6) is 5.75 Å². The van der Waals surface area contributed by atoms with Crippen molar-refractivity contribution >= 4 is 0 Å². The Hall–Kier alpha value is -1.84. The van der Waals surface area contributed by atoms with E-state index in [4.69, 9.17) is 4.74 Å². The van der Waals surface area contributed by atoms with E-state index in [1.165, 1.54) is 0 Å². The van der Waals surface area contributed by atoms with Gasteiger partial charge in [-0.15, -0.1) is 0 Å². The molecular weight excluding hydrogens is 274 g/mol. The number of nitrogens with one attached hydrogen (secondary N) is 1. The number of hydrogen-bond donors (Lipinski definition) is 2. The van der Waals surface area contributed by atoms with Crippen molar-refractivity contribution in [1.29, 1.82) is 0 Å². The standard InChI is InChI=1S/C19H23NO2/c1-22-17-10-6-5-9-16(17)13-20-14-19(11-12-19)18(21)15-7-3-2-4-8-15/h2-10,18,20-21H,11-14H2,1H3. The van der Waals surface area contributed by atoms with E-state index in [0.29, 0.717) is 0 Å². The van der Waals surface area contributed by atoms with Gasteiger partial charge in [-0.25, -0.2) is 0 Å². The fourth-order valence-electron chi connectivity index (χ4n) is 2.99. The van der Waals surface area contributed by atoms with E-state index in [2.05, 4.69) is 11.4 Å². The maximum atomic E-state index is 10.6. The molecule has 1 atom stereocenters. The van der Waals surface area contributed by atoms with Gasteiger partial charge < -0.3 is 15.2 Å². The van der Waals surface area contributed by atoms with E-state index >= 15 is 0 Å². The van der Waals surface area contributed by atoms with Gasteiger partial charge in [-0.1, -0.05) is 48.5 Å². The Balaban J connectivity index is 1.59. The highest BCUT2D eigenvalue weighted by molar-refractivity contribution is 5.33. The normalized spacial score (nSPS) is 17.0. The van der Waals surface area contributed by atoms with Gasteiger partial charge in [0.05, 0.1) is 13.2 Å². The van der Waals surface area contributed by atoms with Crippen LogP contribution in [0.3, 0.4) is 0 Å². The van der Waals surface area contributed by atoms with E-state index < -0.39 is 0 Å². The monoisotopic (exact) mass is 297 g/mol. The lowest BCUT2D eigenvalue weighted by Gasteiger charge is -2.23. The van der Waals surface area contributed by atoms with Crippen molar-refractivity contribution in [3.05, 3.63) is 65.7 Å². The van der Waals surface area contributed by atoms with E-state index in [0.717, 1.165) is 42.8 Å². The number of aliphatic hydroxyl groups excluding tert-OH is 1. The number of benzene rings is 2. The molecule has 1 aliphatic carbocycles. The molecule has 0 aromatic heterocycles. The second-order valence-corrected chi connectivity index (χ2v) is 6.09. The van der Waals surface area contributed by atoms with Crippen molar-refractivity contribution in [3.63, 3.8) is 0 Å². The summed E-state index contributed by atoms with van der Waals surface area (Å²) in [7, 11) is 1.69. The molecule has 1 unspecified atom stereocenters. The number of ether oxygens (including phenoxy) is 1. The van der Waals surface area contributed by atoms with Crippen LogP contribution in [0.1, 0.15) is 30.1 Å². The molecule has 3 heteroatoms. The SMILES string of the molecule is COc1ccccc1CNCC1(C(O)c2ccccc2)CC1. The summed E-state index contributed by atoms with van der Waals surface area (Å²) in [6.45, 7) is 1.58. The summed E-state index contributed by atoms with van der Waals surface area (Å²) in [6, 6.07) is 18.0. The minimum Gasteiger partial charge on any atom is -0.496 e.